The number of carbonyl (C=O) groups is 1. The van der Waals surface area contributed by atoms with E-state index in [1.165, 1.54) is 6.92 Å². The van der Waals surface area contributed by atoms with Crippen molar-refractivity contribution in [3.63, 3.8) is 0 Å². The summed E-state index contributed by atoms with van der Waals surface area (Å²) in [6.07, 6.45) is -2.18. The molecule has 212 valence electrons. The maximum absolute atomic E-state index is 11.7. The van der Waals surface area contributed by atoms with Gasteiger partial charge >= 0.3 is 5.97 Å². The van der Waals surface area contributed by atoms with Crippen LogP contribution < -0.4 is 0 Å². The number of carbonyl (C=O) groups excluding carboxylic acids is 1. The summed E-state index contributed by atoms with van der Waals surface area (Å²) < 4.78 is 37.8. The average molecular weight is 612 g/mol. The number of rotatable bonds is 11. The number of esters is 1. The van der Waals surface area contributed by atoms with Crippen LogP contribution in [0.5, 0.6) is 0 Å². The van der Waals surface area contributed by atoms with Crippen LogP contribution in [0, 0.1) is 0 Å². The lowest BCUT2D eigenvalue weighted by Crippen LogP contribution is -2.64. The molecule has 0 unspecified atom stereocenters. The number of halogens is 1. The molecular formula is C32H35BrO7. The van der Waals surface area contributed by atoms with E-state index in [9.17, 15) is 4.79 Å². The van der Waals surface area contributed by atoms with Crippen LogP contribution in [-0.2, 0) is 53.0 Å². The molecule has 0 radical (unpaired) electrons. The summed E-state index contributed by atoms with van der Waals surface area (Å²) in [6, 6.07) is 30.1. The highest BCUT2D eigenvalue weighted by atomic mass is 79.9. The molecule has 5 rings (SSSR count). The first-order valence-electron chi connectivity index (χ1n) is 13.6. The van der Waals surface area contributed by atoms with Crippen LogP contribution in [-0.4, -0.2) is 54.2 Å². The van der Waals surface area contributed by atoms with Gasteiger partial charge in [-0.1, -0.05) is 107 Å². The van der Waals surface area contributed by atoms with E-state index < -0.39 is 35.5 Å². The van der Waals surface area contributed by atoms with Crippen molar-refractivity contribution in [3.05, 3.63) is 108 Å². The second-order valence-electron chi connectivity index (χ2n) is 10.1. The molecule has 7 nitrogen and oxygen atoms in total. The van der Waals surface area contributed by atoms with Gasteiger partial charge in [0.1, 0.15) is 35.5 Å². The Morgan fingerprint density at radius 2 is 1.30 bits per heavy atom. The molecule has 40 heavy (non-hydrogen) atoms. The minimum absolute atomic E-state index is 0.304. The quantitative estimate of drug-likeness (QED) is 0.207. The lowest BCUT2D eigenvalue weighted by atomic mass is 9.89. The number of alkyl halides is 1. The first-order chi connectivity index (χ1) is 19.6. The Morgan fingerprint density at radius 3 is 1.85 bits per heavy atom. The molecule has 2 aliphatic rings. The van der Waals surface area contributed by atoms with Crippen LogP contribution in [0.15, 0.2) is 91.0 Å². The third-order valence-corrected chi connectivity index (χ3v) is 7.86. The SMILES string of the molecule is CC(=O)O[C@@H]1C[C@@H]2O[C@H](COCc3ccccc3)[C@@H](OCc3ccccc3)[C@H](OCc3ccccc3)[C@H]2O[C@@H]1Br. The minimum Gasteiger partial charge on any atom is -0.459 e. The van der Waals surface area contributed by atoms with Crippen molar-refractivity contribution in [2.45, 2.75) is 74.8 Å². The second kappa shape index (κ2) is 14.3. The molecule has 2 fully saturated rings. The fourth-order valence-electron chi connectivity index (χ4n) is 5.16. The summed E-state index contributed by atoms with van der Waals surface area (Å²) in [6.45, 7) is 2.93. The Balaban J connectivity index is 1.38. The van der Waals surface area contributed by atoms with Crippen LogP contribution in [0.25, 0.3) is 0 Å². The van der Waals surface area contributed by atoms with Crippen molar-refractivity contribution in [1.29, 1.82) is 0 Å². The molecule has 2 heterocycles. The first-order valence-corrected chi connectivity index (χ1v) is 14.5. The van der Waals surface area contributed by atoms with Gasteiger partial charge in [0.25, 0.3) is 0 Å². The zero-order valence-corrected chi connectivity index (χ0v) is 24.1. The lowest BCUT2D eigenvalue weighted by molar-refractivity contribution is -0.295. The third kappa shape index (κ3) is 7.78. The van der Waals surface area contributed by atoms with Gasteiger partial charge in [-0.05, 0) is 16.7 Å². The molecule has 0 saturated carbocycles. The summed E-state index contributed by atoms with van der Waals surface area (Å²) in [5, 5.41) is -0.496. The third-order valence-electron chi connectivity index (χ3n) is 7.06. The van der Waals surface area contributed by atoms with E-state index in [0.29, 0.717) is 32.8 Å². The topological polar surface area (TPSA) is 72.5 Å². The highest BCUT2D eigenvalue weighted by Gasteiger charge is 2.53. The van der Waals surface area contributed by atoms with Crippen LogP contribution >= 0.6 is 15.9 Å². The lowest BCUT2D eigenvalue weighted by Gasteiger charge is -2.50. The molecule has 0 aromatic heterocycles. The maximum atomic E-state index is 11.7. The molecule has 3 aromatic rings. The molecule has 8 heteroatoms. The van der Waals surface area contributed by atoms with E-state index >= 15 is 0 Å². The highest BCUT2D eigenvalue weighted by molar-refractivity contribution is 9.09. The largest absolute Gasteiger partial charge is 0.459 e. The van der Waals surface area contributed by atoms with Gasteiger partial charge in [-0.25, -0.2) is 0 Å². The number of fused-ring (bicyclic) bond motifs is 1. The van der Waals surface area contributed by atoms with Gasteiger partial charge in [-0.3, -0.25) is 4.79 Å². The van der Waals surface area contributed by atoms with Crippen LogP contribution in [0.1, 0.15) is 30.0 Å². The second-order valence-corrected chi connectivity index (χ2v) is 11.0. The molecule has 0 N–H and O–H groups in total. The molecular weight excluding hydrogens is 576 g/mol. The molecule has 2 aliphatic heterocycles. The summed E-state index contributed by atoms with van der Waals surface area (Å²) in [4.78, 5) is 11.7. The van der Waals surface area contributed by atoms with E-state index in [0.717, 1.165) is 16.7 Å². The van der Waals surface area contributed by atoms with Crippen molar-refractivity contribution in [3.8, 4) is 0 Å². The van der Waals surface area contributed by atoms with E-state index in [1.54, 1.807) is 0 Å². The fraction of sp³-hybridized carbons (Fsp3) is 0.406. The summed E-state index contributed by atoms with van der Waals surface area (Å²) in [5.41, 5.74) is 3.18. The molecule has 0 aliphatic carbocycles. The van der Waals surface area contributed by atoms with Crippen molar-refractivity contribution < 1.29 is 33.2 Å². The van der Waals surface area contributed by atoms with Gasteiger partial charge in [0.05, 0.1) is 32.5 Å². The van der Waals surface area contributed by atoms with Gasteiger partial charge in [0, 0.05) is 13.3 Å². The first kappa shape index (κ1) is 28.9. The number of hydrogen-bond donors (Lipinski definition) is 0. The monoisotopic (exact) mass is 610 g/mol. The molecule has 0 bridgehead atoms. The normalized spacial score (nSPS) is 28.0. The molecule has 0 spiro atoms. The summed E-state index contributed by atoms with van der Waals surface area (Å²) >= 11 is 3.57. The number of ether oxygens (including phenoxy) is 6. The Labute approximate surface area is 243 Å². The van der Waals surface area contributed by atoms with Gasteiger partial charge < -0.3 is 28.4 Å². The van der Waals surface area contributed by atoms with Crippen molar-refractivity contribution in [2.24, 2.45) is 0 Å². The van der Waals surface area contributed by atoms with Gasteiger partial charge in [0.15, 0.2) is 0 Å². The van der Waals surface area contributed by atoms with Crippen molar-refractivity contribution in [2.75, 3.05) is 6.61 Å². The van der Waals surface area contributed by atoms with Crippen LogP contribution in [0.3, 0.4) is 0 Å². The Kier molecular flexibility index (Phi) is 10.4. The highest BCUT2D eigenvalue weighted by Crippen LogP contribution is 2.38. The van der Waals surface area contributed by atoms with Gasteiger partial charge in [0.2, 0.25) is 0 Å². The Morgan fingerprint density at radius 1 is 0.775 bits per heavy atom. The van der Waals surface area contributed by atoms with E-state index in [-0.39, 0.29) is 12.1 Å². The van der Waals surface area contributed by atoms with E-state index in [2.05, 4.69) is 15.9 Å². The molecule has 7 atom stereocenters. The van der Waals surface area contributed by atoms with Crippen LogP contribution in [0.2, 0.25) is 0 Å². The zero-order chi connectivity index (χ0) is 27.7. The zero-order valence-electron chi connectivity index (χ0n) is 22.5. The van der Waals surface area contributed by atoms with Gasteiger partial charge in [-0.15, -0.1) is 0 Å². The Hall–Kier alpha value is -2.59. The van der Waals surface area contributed by atoms with Crippen molar-refractivity contribution >= 4 is 21.9 Å². The number of hydrogen-bond acceptors (Lipinski definition) is 7. The fourth-order valence-corrected chi connectivity index (χ4v) is 5.73. The molecule has 0 amide bonds. The molecule has 3 aromatic carbocycles. The standard InChI is InChI=1S/C32H35BrO7/c1-22(34)38-27-17-26-30(40-32(27)33)31(37-20-25-15-9-4-10-16-25)29(36-19-24-13-7-3-8-14-24)28(39-26)21-35-18-23-11-5-2-6-12-23/h2-16,26-32H,17-21H2,1H3/t26-,27+,28+,29+,30-,31-,32-/m0/s1. The molecule has 2 saturated heterocycles. The van der Waals surface area contributed by atoms with Gasteiger partial charge in [-0.2, -0.15) is 0 Å². The Bertz CT molecular complexity index is 1180. The smallest absolute Gasteiger partial charge is 0.303 e. The predicted octanol–water partition coefficient (Wildman–Crippen LogP) is 5.58. The summed E-state index contributed by atoms with van der Waals surface area (Å²) in [7, 11) is 0. The van der Waals surface area contributed by atoms with Crippen molar-refractivity contribution in [1.82, 2.24) is 0 Å². The van der Waals surface area contributed by atoms with Crippen LogP contribution in [0.4, 0.5) is 0 Å². The predicted molar refractivity (Wildman–Crippen MR) is 153 cm³/mol. The summed E-state index contributed by atoms with van der Waals surface area (Å²) in [5.74, 6) is -0.365. The minimum atomic E-state index is -0.496. The van der Waals surface area contributed by atoms with E-state index in [1.807, 2.05) is 91.0 Å². The van der Waals surface area contributed by atoms with E-state index in [4.69, 9.17) is 28.4 Å². The average Bonchev–Trinajstić information content (AvgIpc) is 2.97. The maximum Gasteiger partial charge on any atom is 0.303 e. The number of benzene rings is 3.